The quantitative estimate of drug-likeness (QED) is 0.767. The third-order valence-electron chi connectivity index (χ3n) is 2.54. The molecule has 0 aliphatic heterocycles. The Balaban J connectivity index is 2.25. The Kier molecular flexibility index (Phi) is 5.12. The van der Waals surface area contributed by atoms with Crippen LogP contribution in [0.25, 0.3) is 0 Å². The van der Waals surface area contributed by atoms with E-state index in [1.165, 1.54) is 0 Å². The lowest BCUT2D eigenvalue weighted by molar-refractivity contribution is -0.135. The molecule has 0 amide bonds. The molecule has 0 unspecified atom stereocenters. The van der Waals surface area contributed by atoms with Gasteiger partial charge >= 0.3 is 5.97 Å². The van der Waals surface area contributed by atoms with Gasteiger partial charge in [-0.25, -0.2) is 0 Å². The van der Waals surface area contributed by atoms with E-state index in [4.69, 9.17) is 21.1 Å². The van der Waals surface area contributed by atoms with Crippen LogP contribution in [-0.2, 0) is 11.3 Å². The monoisotopic (exact) mass is 421 g/mol. The van der Waals surface area contributed by atoms with Gasteiger partial charge in [0.2, 0.25) is 0 Å². The van der Waals surface area contributed by atoms with E-state index in [1.54, 1.807) is 29.2 Å². The maximum Gasteiger partial charge on any atom is 0.323 e. The molecule has 0 saturated heterocycles. The fourth-order valence-electron chi connectivity index (χ4n) is 1.73. The molecule has 1 aromatic carbocycles. The summed E-state index contributed by atoms with van der Waals surface area (Å²) in [6.45, 7) is 0.188. The summed E-state index contributed by atoms with van der Waals surface area (Å²) in [7, 11) is 0. The van der Waals surface area contributed by atoms with Crippen molar-refractivity contribution < 1.29 is 14.3 Å². The molecule has 0 bridgehead atoms. The zero-order valence-corrected chi connectivity index (χ0v) is 14.1. The summed E-state index contributed by atoms with van der Waals surface area (Å²) >= 11 is 12.5. The van der Waals surface area contributed by atoms with Crippen LogP contribution in [-0.4, -0.2) is 17.6 Å². The largest absolute Gasteiger partial charge is 0.480 e. The number of hydrogen-bond donors (Lipinski definition) is 1. The maximum absolute atomic E-state index is 11.0. The number of anilines is 1. The number of aliphatic carboxylic acids is 1. The van der Waals surface area contributed by atoms with E-state index < -0.39 is 5.97 Å². The van der Waals surface area contributed by atoms with Crippen molar-refractivity contribution in [3.63, 3.8) is 0 Å². The Labute approximate surface area is 137 Å². The van der Waals surface area contributed by atoms with Crippen LogP contribution in [0.1, 0.15) is 5.76 Å². The topological polar surface area (TPSA) is 53.7 Å². The molecule has 0 aliphatic rings. The van der Waals surface area contributed by atoms with Gasteiger partial charge in [-0.15, -0.1) is 0 Å². The van der Waals surface area contributed by atoms with Crippen LogP contribution in [0, 0.1) is 0 Å². The van der Waals surface area contributed by atoms with Crippen LogP contribution in [0.4, 0.5) is 5.69 Å². The number of nitrogens with zero attached hydrogens (tertiary/aromatic N) is 1. The summed E-state index contributed by atoms with van der Waals surface area (Å²) < 4.78 is 6.84. The highest BCUT2D eigenvalue weighted by Gasteiger charge is 2.15. The van der Waals surface area contributed by atoms with E-state index in [0.717, 1.165) is 10.2 Å². The van der Waals surface area contributed by atoms with Crippen LogP contribution in [0.3, 0.4) is 0 Å². The number of halogens is 3. The van der Waals surface area contributed by atoms with Crippen molar-refractivity contribution in [3.8, 4) is 0 Å². The van der Waals surface area contributed by atoms with Gasteiger partial charge in [0.1, 0.15) is 12.3 Å². The lowest BCUT2D eigenvalue weighted by Crippen LogP contribution is -2.28. The van der Waals surface area contributed by atoms with Crippen molar-refractivity contribution in [1.82, 2.24) is 0 Å². The molecule has 1 aromatic heterocycles. The van der Waals surface area contributed by atoms with Gasteiger partial charge < -0.3 is 14.4 Å². The predicted molar refractivity (Wildman–Crippen MR) is 84.2 cm³/mol. The predicted octanol–water partition coefficient (Wildman–Crippen LogP) is 4.55. The van der Waals surface area contributed by atoms with Gasteiger partial charge in [-0.05, 0) is 56.1 Å². The van der Waals surface area contributed by atoms with Crippen LogP contribution in [0.15, 0.2) is 43.9 Å². The van der Waals surface area contributed by atoms with Gasteiger partial charge in [0, 0.05) is 10.7 Å². The highest BCUT2D eigenvalue weighted by molar-refractivity contribution is 9.13. The molecule has 20 heavy (non-hydrogen) atoms. The molecule has 0 aliphatic carbocycles. The Morgan fingerprint density at radius 3 is 2.65 bits per heavy atom. The highest BCUT2D eigenvalue weighted by Crippen LogP contribution is 2.29. The normalized spacial score (nSPS) is 10.6. The summed E-state index contributed by atoms with van der Waals surface area (Å²) in [5, 5.41) is 9.58. The first kappa shape index (κ1) is 15.4. The van der Waals surface area contributed by atoms with Crippen molar-refractivity contribution >= 4 is 55.1 Å². The second-order valence-corrected chi connectivity index (χ2v) is 6.08. The first-order chi connectivity index (χ1) is 9.45. The summed E-state index contributed by atoms with van der Waals surface area (Å²) in [5.74, 6) is -0.278. The molecule has 0 spiro atoms. The average Bonchev–Trinajstić information content (AvgIpc) is 2.67. The van der Waals surface area contributed by atoms with Gasteiger partial charge in [0.05, 0.1) is 11.0 Å². The van der Waals surface area contributed by atoms with E-state index in [0.29, 0.717) is 22.0 Å². The molecule has 106 valence electrons. The summed E-state index contributed by atoms with van der Waals surface area (Å²) in [6.07, 6.45) is 0. The number of carboxylic acids is 1. The third-order valence-corrected chi connectivity index (χ3v) is 4.49. The molecular formula is C13H10Br2ClNO3. The Bertz CT molecular complexity index is 610. The van der Waals surface area contributed by atoms with Gasteiger partial charge in [-0.3, -0.25) is 4.79 Å². The second-order valence-electron chi connectivity index (χ2n) is 4.06. The highest BCUT2D eigenvalue weighted by atomic mass is 79.9. The third kappa shape index (κ3) is 4.01. The lowest BCUT2D eigenvalue weighted by Gasteiger charge is -2.21. The van der Waals surface area contributed by atoms with E-state index in [9.17, 15) is 4.79 Å². The van der Waals surface area contributed by atoms with E-state index in [2.05, 4.69) is 31.9 Å². The molecule has 1 heterocycles. The Morgan fingerprint density at radius 2 is 2.10 bits per heavy atom. The standard InChI is InChI=1S/C13H10Br2ClNO3/c14-11-5-10(20-13(11)15)6-17(7-12(18)19)9-3-1-2-8(16)4-9/h1-5H,6-7H2,(H,18,19). The molecule has 7 heteroatoms. The Hall–Kier alpha value is -0.980. The minimum atomic E-state index is -0.922. The van der Waals surface area contributed by atoms with Gasteiger partial charge in [-0.2, -0.15) is 0 Å². The smallest absolute Gasteiger partial charge is 0.323 e. The van der Waals surface area contributed by atoms with Gasteiger partial charge in [0.15, 0.2) is 4.67 Å². The van der Waals surface area contributed by atoms with E-state index in [1.807, 2.05) is 6.07 Å². The number of hydrogen-bond acceptors (Lipinski definition) is 3. The van der Waals surface area contributed by atoms with Crippen molar-refractivity contribution in [2.45, 2.75) is 6.54 Å². The molecule has 1 N–H and O–H groups in total. The fraction of sp³-hybridized carbons (Fsp3) is 0.154. The summed E-state index contributed by atoms with van der Waals surface area (Å²) in [5.41, 5.74) is 0.726. The average molecular weight is 423 g/mol. The summed E-state index contributed by atoms with van der Waals surface area (Å²) in [4.78, 5) is 12.7. The molecule has 2 aromatic rings. The SMILES string of the molecule is O=C(O)CN(Cc1cc(Br)c(Br)o1)c1cccc(Cl)c1. The minimum Gasteiger partial charge on any atom is -0.480 e. The number of carboxylic acid groups (broad SMARTS) is 1. The Morgan fingerprint density at radius 1 is 1.35 bits per heavy atom. The van der Waals surface area contributed by atoms with Crippen molar-refractivity contribution in [2.24, 2.45) is 0 Å². The molecule has 0 fully saturated rings. The maximum atomic E-state index is 11.0. The molecule has 0 atom stereocenters. The zero-order valence-electron chi connectivity index (χ0n) is 10.1. The van der Waals surface area contributed by atoms with Gasteiger partial charge in [0.25, 0.3) is 0 Å². The number of furan rings is 1. The fourth-order valence-corrected chi connectivity index (χ4v) is 2.58. The second kappa shape index (κ2) is 6.65. The zero-order chi connectivity index (χ0) is 14.7. The van der Waals surface area contributed by atoms with Crippen molar-refractivity contribution in [1.29, 1.82) is 0 Å². The molecule has 2 rings (SSSR count). The minimum absolute atomic E-state index is 0.143. The van der Waals surface area contributed by atoms with Crippen molar-refractivity contribution in [2.75, 3.05) is 11.4 Å². The molecule has 0 radical (unpaired) electrons. The van der Waals surface area contributed by atoms with Gasteiger partial charge in [-0.1, -0.05) is 17.7 Å². The van der Waals surface area contributed by atoms with Crippen LogP contribution in [0.2, 0.25) is 5.02 Å². The summed E-state index contributed by atoms with van der Waals surface area (Å²) in [6, 6.07) is 8.84. The van der Waals surface area contributed by atoms with E-state index in [-0.39, 0.29) is 6.54 Å². The molecule has 0 saturated carbocycles. The van der Waals surface area contributed by atoms with Crippen LogP contribution < -0.4 is 4.90 Å². The first-order valence-corrected chi connectivity index (χ1v) is 7.58. The van der Waals surface area contributed by atoms with Crippen molar-refractivity contribution in [3.05, 3.63) is 50.3 Å². The molecular weight excluding hydrogens is 413 g/mol. The van der Waals surface area contributed by atoms with E-state index >= 15 is 0 Å². The molecule has 4 nitrogen and oxygen atoms in total. The lowest BCUT2D eigenvalue weighted by atomic mass is 10.2. The van der Waals surface area contributed by atoms with Crippen LogP contribution >= 0.6 is 43.5 Å². The number of carbonyl (C=O) groups is 1. The first-order valence-electron chi connectivity index (χ1n) is 5.61. The number of benzene rings is 1. The van der Waals surface area contributed by atoms with Crippen LogP contribution in [0.5, 0.6) is 0 Å². The number of rotatable bonds is 5.